The second kappa shape index (κ2) is 12.7. The van der Waals surface area contributed by atoms with Crippen LogP contribution in [0.3, 0.4) is 0 Å². The molecule has 1 atom stereocenters. The third kappa shape index (κ3) is 7.55. The van der Waals surface area contributed by atoms with Gasteiger partial charge in [0.15, 0.2) is 0 Å². The van der Waals surface area contributed by atoms with Crippen molar-refractivity contribution in [3.05, 3.63) is 24.0 Å². The lowest BCUT2D eigenvalue weighted by molar-refractivity contribution is -0.141. The van der Waals surface area contributed by atoms with E-state index in [1.807, 2.05) is 13.8 Å². The standard InChI is InChI=1S/C25H38FN5O4/c1-17(2)23(24(33)31(16-22(32)29-35)14-11-18-7-3-4-8-18)28-25(34)27-20-15-19(26)9-10-21(20)30-12-5-6-13-30/h9-10,15,17-18,23,35H,3-8,11-14,16H2,1-2H3,(H,29,32)(H2,27,28,34)/t23-/m0/s1. The van der Waals surface area contributed by atoms with Crippen molar-refractivity contribution < 1.29 is 24.0 Å². The van der Waals surface area contributed by atoms with Crippen molar-refractivity contribution >= 4 is 29.2 Å². The smallest absolute Gasteiger partial charge is 0.319 e. The second-order valence-corrected chi connectivity index (χ2v) is 9.91. The molecule has 1 aliphatic carbocycles. The molecule has 194 valence electrons. The van der Waals surface area contributed by atoms with Crippen LogP contribution in [0.15, 0.2) is 18.2 Å². The number of urea groups is 1. The van der Waals surface area contributed by atoms with Crippen molar-refractivity contribution in [2.75, 3.05) is 36.4 Å². The average Bonchev–Trinajstić information content (AvgIpc) is 3.54. The minimum absolute atomic E-state index is 0.259. The van der Waals surface area contributed by atoms with Crippen LogP contribution >= 0.6 is 0 Å². The van der Waals surface area contributed by atoms with Crippen LogP contribution in [0.5, 0.6) is 0 Å². The minimum Gasteiger partial charge on any atom is -0.370 e. The second-order valence-electron chi connectivity index (χ2n) is 9.91. The third-order valence-electron chi connectivity index (χ3n) is 6.93. The number of anilines is 2. The van der Waals surface area contributed by atoms with Crippen molar-refractivity contribution in [3.63, 3.8) is 0 Å². The summed E-state index contributed by atoms with van der Waals surface area (Å²) in [7, 11) is 0. The molecule has 2 fully saturated rings. The Morgan fingerprint density at radius 3 is 2.46 bits per heavy atom. The number of halogens is 1. The van der Waals surface area contributed by atoms with Gasteiger partial charge in [0, 0.05) is 19.6 Å². The molecule has 9 nitrogen and oxygen atoms in total. The highest BCUT2D eigenvalue weighted by atomic mass is 19.1. The van der Waals surface area contributed by atoms with Crippen molar-refractivity contribution in [2.24, 2.45) is 11.8 Å². The highest BCUT2D eigenvalue weighted by Crippen LogP contribution is 2.30. The molecule has 3 rings (SSSR count). The van der Waals surface area contributed by atoms with Gasteiger partial charge in [-0.1, -0.05) is 39.5 Å². The van der Waals surface area contributed by atoms with E-state index >= 15 is 0 Å². The summed E-state index contributed by atoms with van der Waals surface area (Å²) >= 11 is 0. The van der Waals surface area contributed by atoms with Gasteiger partial charge in [-0.3, -0.25) is 14.8 Å². The first-order chi connectivity index (χ1) is 16.8. The van der Waals surface area contributed by atoms with E-state index in [0.29, 0.717) is 18.2 Å². The van der Waals surface area contributed by atoms with Gasteiger partial charge >= 0.3 is 6.03 Å². The van der Waals surface area contributed by atoms with Gasteiger partial charge in [-0.15, -0.1) is 0 Å². The molecule has 0 aromatic heterocycles. The Labute approximate surface area is 206 Å². The van der Waals surface area contributed by atoms with Crippen LogP contribution in [0.1, 0.15) is 58.8 Å². The number of hydroxylamine groups is 1. The molecule has 4 N–H and O–H groups in total. The summed E-state index contributed by atoms with van der Waals surface area (Å²) < 4.78 is 14.0. The summed E-state index contributed by atoms with van der Waals surface area (Å²) in [5, 5.41) is 14.4. The number of carbonyl (C=O) groups is 3. The lowest BCUT2D eigenvalue weighted by Gasteiger charge is -2.30. The number of amides is 4. The van der Waals surface area contributed by atoms with Gasteiger partial charge < -0.3 is 20.4 Å². The zero-order valence-corrected chi connectivity index (χ0v) is 20.7. The molecule has 0 bridgehead atoms. The molecule has 1 aromatic carbocycles. The molecular weight excluding hydrogens is 453 g/mol. The van der Waals surface area contributed by atoms with Gasteiger partial charge in [-0.05, 0) is 49.3 Å². The molecule has 0 unspecified atom stereocenters. The van der Waals surface area contributed by atoms with Gasteiger partial charge in [-0.25, -0.2) is 14.7 Å². The highest BCUT2D eigenvalue weighted by molar-refractivity contribution is 5.97. The molecule has 0 radical (unpaired) electrons. The van der Waals surface area contributed by atoms with Gasteiger partial charge in [-0.2, -0.15) is 0 Å². The Balaban J connectivity index is 1.70. The molecule has 1 saturated carbocycles. The number of carbonyl (C=O) groups excluding carboxylic acids is 3. The van der Waals surface area contributed by atoms with E-state index in [4.69, 9.17) is 5.21 Å². The zero-order valence-electron chi connectivity index (χ0n) is 20.7. The van der Waals surface area contributed by atoms with Crippen LogP contribution in [0.2, 0.25) is 0 Å². The maximum atomic E-state index is 14.0. The van der Waals surface area contributed by atoms with E-state index in [2.05, 4.69) is 15.5 Å². The van der Waals surface area contributed by atoms with E-state index in [1.165, 1.54) is 29.9 Å². The van der Waals surface area contributed by atoms with E-state index in [-0.39, 0.29) is 12.5 Å². The number of benzene rings is 1. The summed E-state index contributed by atoms with van der Waals surface area (Å²) in [5.74, 6) is -1.30. The monoisotopic (exact) mass is 491 g/mol. The molecule has 10 heteroatoms. The Morgan fingerprint density at radius 2 is 1.83 bits per heavy atom. The summed E-state index contributed by atoms with van der Waals surface area (Å²) in [4.78, 5) is 41.7. The fraction of sp³-hybridized carbons (Fsp3) is 0.640. The first kappa shape index (κ1) is 26.7. The maximum Gasteiger partial charge on any atom is 0.319 e. The molecule has 2 aliphatic rings. The van der Waals surface area contributed by atoms with Gasteiger partial charge in [0.1, 0.15) is 18.4 Å². The third-order valence-corrected chi connectivity index (χ3v) is 6.93. The van der Waals surface area contributed by atoms with Crippen molar-refractivity contribution in [1.29, 1.82) is 0 Å². The van der Waals surface area contributed by atoms with Gasteiger partial charge in [0.2, 0.25) is 5.91 Å². The Kier molecular flexibility index (Phi) is 9.71. The molecular formula is C25H38FN5O4. The fourth-order valence-electron chi connectivity index (χ4n) is 4.97. The largest absolute Gasteiger partial charge is 0.370 e. The maximum absolute atomic E-state index is 14.0. The molecule has 1 saturated heterocycles. The zero-order chi connectivity index (χ0) is 25.4. The summed E-state index contributed by atoms with van der Waals surface area (Å²) in [5.41, 5.74) is 2.67. The quantitative estimate of drug-likeness (QED) is 0.296. The Hall–Kier alpha value is -2.88. The lowest BCUT2D eigenvalue weighted by atomic mass is 10.0. The SMILES string of the molecule is CC(C)[C@H](NC(=O)Nc1cc(F)ccc1N1CCCC1)C(=O)N(CCC1CCCC1)CC(=O)NO. The summed E-state index contributed by atoms with van der Waals surface area (Å²) in [6.07, 6.45) is 7.39. The topological polar surface area (TPSA) is 114 Å². The van der Waals surface area contributed by atoms with Gasteiger partial charge in [0.05, 0.1) is 11.4 Å². The summed E-state index contributed by atoms with van der Waals surface area (Å²) in [6, 6.07) is 2.78. The fourth-order valence-corrected chi connectivity index (χ4v) is 4.97. The number of rotatable bonds is 10. The number of hydrogen-bond donors (Lipinski definition) is 4. The first-order valence-electron chi connectivity index (χ1n) is 12.6. The van der Waals surface area contributed by atoms with Crippen LogP contribution in [0.4, 0.5) is 20.6 Å². The van der Waals surface area contributed by atoms with Crippen LogP contribution in [0.25, 0.3) is 0 Å². The molecule has 1 aliphatic heterocycles. The molecule has 4 amide bonds. The highest BCUT2D eigenvalue weighted by Gasteiger charge is 2.31. The number of hydrogen-bond acceptors (Lipinski definition) is 5. The molecule has 1 aromatic rings. The average molecular weight is 492 g/mol. The van der Waals surface area contributed by atoms with E-state index in [9.17, 15) is 18.8 Å². The number of nitrogens with zero attached hydrogens (tertiary/aromatic N) is 2. The molecule has 35 heavy (non-hydrogen) atoms. The normalized spacial score (nSPS) is 16.9. The summed E-state index contributed by atoms with van der Waals surface area (Å²) in [6.45, 7) is 5.35. The number of nitrogens with one attached hydrogen (secondary N) is 3. The van der Waals surface area contributed by atoms with Crippen LogP contribution in [-0.2, 0) is 9.59 Å². The Morgan fingerprint density at radius 1 is 1.14 bits per heavy atom. The lowest BCUT2D eigenvalue weighted by Crippen LogP contribution is -2.54. The van der Waals surface area contributed by atoms with Crippen LogP contribution < -0.4 is 21.0 Å². The van der Waals surface area contributed by atoms with E-state index < -0.39 is 29.7 Å². The van der Waals surface area contributed by atoms with Crippen molar-refractivity contribution in [1.82, 2.24) is 15.7 Å². The van der Waals surface area contributed by atoms with Crippen LogP contribution in [-0.4, -0.2) is 60.2 Å². The van der Waals surface area contributed by atoms with Gasteiger partial charge in [0.25, 0.3) is 5.91 Å². The van der Waals surface area contributed by atoms with E-state index in [1.54, 1.807) is 11.5 Å². The predicted octanol–water partition coefficient (Wildman–Crippen LogP) is 3.49. The van der Waals surface area contributed by atoms with E-state index in [0.717, 1.165) is 50.9 Å². The molecule has 0 spiro atoms. The van der Waals surface area contributed by atoms with Crippen molar-refractivity contribution in [3.8, 4) is 0 Å². The van der Waals surface area contributed by atoms with Crippen molar-refractivity contribution in [2.45, 2.75) is 64.8 Å². The Bertz CT molecular complexity index is 885. The van der Waals surface area contributed by atoms with Crippen LogP contribution in [0, 0.1) is 17.7 Å². The minimum atomic E-state index is -0.895. The molecule has 1 heterocycles. The first-order valence-corrected chi connectivity index (χ1v) is 12.6. The predicted molar refractivity (Wildman–Crippen MR) is 132 cm³/mol.